The van der Waals surface area contributed by atoms with Gasteiger partial charge in [-0.2, -0.15) is 0 Å². The van der Waals surface area contributed by atoms with Crippen LogP contribution >= 0.6 is 0 Å². The van der Waals surface area contributed by atoms with Crippen molar-refractivity contribution in [3.05, 3.63) is 78.4 Å². The molecule has 1 heterocycles. The molecule has 0 aliphatic carbocycles. The predicted molar refractivity (Wildman–Crippen MR) is 144 cm³/mol. The van der Waals surface area contributed by atoms with Crippen molar-refractivity contribution in [3.8, 4) is 17.2 Å². The molecule has 1 N–H and O–H groups in total. The number of anilines is 2. The maximum atomic E-state index is 13.5. The van der Waals surface area contributed by atoms with Crippen molar-refractivity contribution in [1.29, 1.82) is 0 Å². The molecule has 198 valence electrons. The number of hydrogen-bond donors (Lipinski definition) is 1. The van der Waals surface area contributed by atoms with Crippen LogP contribution in [0.2, 0.25) is 0 Å². The van der Waals surface area contributed by atoms with Crippen LogP contribution in [0.3, 0.4) is 0 Å². The zero-order valence-corrected chi connectivity index (χ0v) is 21.7. The molecule has 1 aliphatic rings. The van der Waals surface area contributed by atoms with Gasteiger partial charge in [-0.1, -0.05) is 18.2 Å². The number of carbonyl (C=O) groups is 3. The maximum absolute atomic E-state index is 13.5. The van der Waals surface area contributed by atoms with Crippen LogP contribution in [0.1, 0.15) is 18.9 Å². The Labute approximate surface area is 221 Å². The lowest BCUT2D eigenvalue weighted by Crippen LogP contribution is -2.39. The van der Waals surface area contributed by atoms with Crippen molar-refractivity contribution in [1.82, 2.24) is 4.90 Å². The number of rotatable bonds is 11. The van der Waals surface area contributed by atoms with E-state index in [2.05, 4.69) is 5.32 Å². The normalized spacial score (nSPS) is 15.0. The van der Waals surface area contributed by atoms with Crippen LogP contribution in [0.15, 0.2) is 72.8 Å². The molecule has 3 aromatic carbocycles. The van der Waals surface area contributed by atoms with Gasteiger partial charge in [0.25, 0.3) is 5.91 Å². The fraction of sp³-hybridized carbons (Fsp3) is 0.276. The summed E-state index contributed by atoms with van der Waals surface area (Å²) in [6, 6.07) is 19.8. The highest BCUT2D eigenvalue weighted by Gasteiger charge is 2.46. The number of urea groups is 1. The summed E-state index contributed by atoms with van der Waals surface area (Å²) in [5, 5.41) is 2.82. The number of hydrogen-bond acceptors (Lipinski definition) is 6. The lowest BCUT2D eigenvalue weighted by Gasteiger charge is -2.21. The van der Waals surface area contributed by atoms with E-state index < -0.39 is 18.0 Å². The minimum absolute atomic E-state index is 0.180. The van der Waals surface area contributed by atoms with Gasteiger partial charge in [-0.25, -0.2) is 9.69 Å². The minimum atomic E-state index is -0.949. The number of nitrogens with one attached hydrogen (secondary N) is 1. The summed E-state index contributed by atoms with van der Waals surface area (Å²) < 4.78 is 15.9. The van der Waals surface area contributed by atoms with E-state index in [1.165, 1.54) is 12.0 Å². The molecule has 1 fully saturated rings. The molecule has 1 aliphatic heterocycles. The van der Waals surface area contributed by atoms with Crippen molar-refractivity contribution in [2.45, 2.75) is 25.8 Å². The fourth-order valence-corrected chi connectivity index (χ4v) is 4.31. The van der Waals surface area contributed by atoms with Gasteiger partial charge in [0.2, 0.25) is 5.91 Å². The Morgan fingerprint density at radius 1 is 0.895 bits per heavy atom. The van der Waals surface area contributed by atoms with Gasteiger partial charge >= 0.3 is 6.03 Å². The second-order valence-corrected chi connectivity index (χ2v) is 8.67. The topological polar surface area (TPSA) is 97.4 Å². The van der Waals surface area contributed by atoms with Gasteiger partial charge in [0.05, 0.1) is 32.9 Å². The van der Waals surface area contributed by atoms with Gasteiger partial charge in [-0.3, -0.25) is 9.59 Å². The molecule has 4 amide bonds. The molecule has 0 unspecified atom stereocenters. The van der Waals surface area contributed by atoms with Gasteiger partial charge in [-0.05, 0) is 67.4 Å². The van der Waals surface area contributed by atoms with E-state index in [4.69, 9.17) is 14.2 Å². The number of carbonyl (C=O) groups excluding carboxylic acids is 3. The standard InChI is InChI=1S/C29H31N3O6/c1-4-38-24-14-10-21(11-15-24)30-27(33)19-26-28(34)32(22-6-5-7-25(18-22)37-3)29(35)31(26)17-16-20-8-12-23(36-2)13-9-20/h5-15,18,26H,4,16-17,19H2,1-3H3,(H,30,33)/t26-/m1/s1. The van der Waals surface area contributed by atoms with Gasteiger partial charge in [0.15, 0.2) is 0 Å². The Hall–Kier alpha value is -4.53. The zero-order chi connectivity index (χ0) is 27.1. The Morgan fingerprint density at radius 2 is 1.58 bits per heavy atom. The summed E-state index contributed by atoms with van der Waals surface area (Å²) >= 11 is 0. The molecule has 4 rings (SSSR count). The van der Waals surface area contributed by atoms with Gasteiger partial charge in [-0.15, -0.1) is 0 Å². The van der Waals surface area contributed by atoms with Crippen LogP contribution in [-0.2, 0) is 16.0 Å². The second-order valence-electron chi connectivity index (χ2n) is 8.67. The molecule has 38 heavy (non-hydrogen) atoms. The molecule has 0 saturated carbocycles. The molecule has 0 spiro atoms. The largest absolute Gasteiger partial charge is 0.497 e. The molecule has 0 aromatic heterocycles. The van der Waals surface area contributed by atoms with Gasteiger partial charge in [0.1, 0.15) is 23.3 Å². The summed E-state index contributed by atoms with van der Waals surface area (Å²) in [6.07, 6.45) is 0.326. The highest BCUT2D eigenvalue weighted by Crippen LogP contribution is 2.30. The average Bonchev–Trinajstić information content (AvgIpc) is 3.17. The SMILES string of the molecule is CCOc1ccc(NC(=O)C[C@@H]2C(=O)N(c3cccc(OC)c3)C(=O)N2CCc2ccc(OC)cc2)cc1. The number of methoxy groups -OCH3 is 2. The van der Waals surface area contributed by atoms with E-state index >= 15 is 0 Å². The van der Waals surface area contributed by atoms with Crippen LogP contribution in [0.25, 0.3) is 0 Å². The first kappa shape index (κ1) is 26.5. The number of ether oxygens (including phenoxy) is 3. The smallest absolute Gasteiger partial charge is 0.332 e. The quantitative estimate of drug-likeness (QED) is 0.376. The number of nitrogens with zero attached hydrogens (tertiary/aromatic N) is 2. The average molecular weight is 518 g/mol. The van der Waals surface area contributed by atoms with E-state index in [0.29, 0.717) is 35.9 Å². The molecule has 3 aromatic rings. The fourth-order valence-electron chi connectivity index (χ4n) is 4.31. The first-order valence-corrected chi connectivity index (χ1v) is 12.4. The van der Waals surface area contributed by atoms with Crippen LogP contribution in [0.4, 0.5) is 16.2 Å². The first-order valence-electron chi connectivity index (χ1n) is 12.4. The van der Waals surface area contributed by atoms with Gasteiger partial charge < -0.3 is 24.4 Å². The Balaban J connectivity index is 1.53. The monoisotopic (exact) mass is 517 g/mol. The molecule has 1 atom stereocenters. The van der Waals surface area contributed by atoms with E-state index in [9.17, 15) is 14.4 Å². The Bertz CT molecular complexity index is 1280. The van der Waals surface area contributed by atoms with Crippen molar-refractivity contribution in [2.75, 3.05) is 37.6 Å². The van der Waals surface area contributed by atoms with Crippen molar-refractivity contribution in [3.63, 3.8) is 0 Å². The predicted octanol–water partition coefficient (Wildman–Crippen LogP) is 4.51. The number of imide groups is 1. The summed E-state index contributed by atoms with van der Waals surface area (Å²) in [5.41, 5.74) is 1.94. The molecule has 9 heteroatoms. The summed E-state index contributed by atoms with van der Waals surface area (Å²) in [7, 11) is 3.11. The molecule has 1 saturated heterocycles. The summed E-state index contributed by atoms with van der Waals surface area (Å²) in [4.78, 5) is 42.6. The van der Waals surface area contributed by atoms with E-state index in [0.717, 1.165) is 16.2 Å². The first-order chi connectivity index (χ1) is 18.4. The maximum Gasteiger partial charge on any atom is 0.332 e. The van der Waals surface area contributed by atoms with Crippen molar-refractivity contribution in [2.24, 2.45) is 0 Å². The zero-order valence-electron chi connectivity index (χ0n) is 21.7. The Kier molecular flexibility index (Phi) is 8.47. The van der Waals surface area contributed by atoms with Crippen LogP contribution in [-0.4, -0.2) is 56.2 Å². The Morgan fingerprint density at radius 3 is 2.24 bits per heavy atom. The van der Waals surface area contributed by atoms with E-state index in [1.807, 2.05) is 31.2 Å². The highest BCUT2D eigenvalue weighted by molar-refractivity contribution is 6.22. The third-order valence-electron chi connectivity index (χ3n) is 6.26. The van der Waals surface area contributed by atoms with Crippen molar-refractivity contribution < 1.29 is 28.6 Å². The third-order valence-corrected chi connectivity index (χ3v) is 6.26. The van der Waals surface area contributed by atoms with Crippen LogP contribution in [0.5, 0.6) is 17.2 Å². The summed E-state index contributed by atoms with van der Waals surface area (Å²) in [5.74, 6) is 1.11. The number of amides is 4. The second kappa shape index (κ2) is 12.1. The highest BCUT2D eigenvalue weighted by atomic mass is 16.5. The van der Waals surface area contributed by atoms with Crippen LogP contribution < -0.4 is 24.4 Å². The van der Waals surface area contributed by atoms with E-state index in [-0.39, 0.29) is 18.9 Å². The number of benzene rings is 3. The summed E-state index contributed by atoms with van der Waals surface area (Å²) in [6.45, 7) is 2.70. The molecule has 9 nitrogen and oxygen atoms in total. The van der Waals surface area contributed by atoms with Crippen LogP contribution in [0, 0.1) is 0 Å². The molecular weight excluding hydrogens is 486 g/mol. The molecule has 0 bridgehead atoms. The van der Waals surface area contributed by atoms with Crippen molar-refractivity contribution >= 4 is 29.2 Å². The van der Waals surface area contributed by atoms with E-state index in [1.54, 1.807) is 55.6 Å². The third kappa shape index (κ3) is 6.05. The minimum Gasteiger partial charge on any atom is -0.497 e. The molecule has 0 radical (unpaired) electrons. The lowest BCUT2D eigenvalue weighted by atomic mass is 10.1. The molecular formula is C29H31N3O6. The lowest BCUT2D eigenvalue weighted by molar-refractivity contribution is -0.124. The van der Waals surface area contributed by atoms with Gasteiger partial charge in [0, 0.05) is 18.3 Å².